The Balaban J connectivity index is 0.00000180. The number of likely N-dealkylation sites (tertiary alicyclic amines) is 1. The molecule has 1 N–H and O–H groups in total. The van der Waals surface area contributed by atoms with Crippen molar-refractivity contribution in [3.8, 4) is 0 Å². The Morgan fingerprint density at radius 3 is 2.37 bits per heavy atom. The van der Waals surface area contributed by atoms with Crippen molar-refractivity contribution in [1.29, 1.82) is 0 Å². The first-order valence-electron chi connectivity index (χ1n) is 6.75. The molecule has 2 aliphatic heterocycles. The molecule has 2 rings (SSSR count). The van der Waals surface area contributed by atoms with E-state index >= 15 is 0 Å². The van der Waals surface area contributed by atoms with Gasteiger partial charge < -0.3 is 4.90 Å². The predicted molar refractivity (Wildman–Crippen MR) is 72.8 cm³/mol. The third kappa shape index (κ3) is 3.78. The van der Waals surface area contributed by atoms with Crippen LogP contribution in [-0.2, 0) is 4.79 Å². The van der Waals surface area contributed by atoms with Gasteiger partial charge in [0.05, 0.1) is 12.6 Å². The van der Waals surface area contributed by atoms with Crippen LogP contribution in [0.2, 0.25) is 0 Å². The van der Waals surface area contributed by atoms with Crippen LogP contribution in [0.15, 0.2) is 0 Å². The fourth-order valence-corrected chi connectivity index (χ4v) is 2.73. The van der Waals surface area contributed by atoms with Crippen LogP contribution in [-0.4, -0.2) is 42.4 Å². The van der Waals surface area contributed by atoms with E-state index in [-0.39, 0.29) is 31.3 Å². The zero-order chi connectivity index (χ0) is 13.4. The molecule has 0 aromatic carbocycles. The molecule has 112 valence electrons. The number of piperidine rings is 1. The van der Waals surface area contributed by atoms with Gasteiger partial charge in [0.15, 0.2) is 0 Å². The molecule has 0 bridgehead atoms. The zero-order valence-electron chi connectivity index (χ0n) is 11.5. The molecule has 1 amide bonds. The minimum atomic E-state index is -2.73. The molecule has 6 heteroatoms. The molecule has 0 spiro atoms. The summed E-state index contributed by atoms with van der Waals surface area (Å²) in [4.78, 5) is 13.9. The van der Waals surface area contributed by atoms with Gasteiger partial charge in [0.1, 0.15) is 0 Å². The number of alkyl halides is 2. The van der Waals surface area contributed by atoms with Crippen LogP contribution in [0, 0.1) is 5.41 Å². The smallest absolute Gasteiger partial charge is 0.262 e. The van der Waals surface area contributed by atoms with Gasteiger partial charge in [-0.25, -0.2) is 8.78 Å². The van der Waals surface area contributed by atoms with E-state index in [1.165, 1.54) is 0 Å². The monoisotopic (exact) mass is 296 g/mol. The van der Waals surface area contributed by atoms with Crippen LogP contribution < -0.4 is 5.32 Å². The molecule has 0 radical (unpaired) electrons. The van der Waals surface area contributed by atoms with Gasteiger partial charge in [-0.1, -0.05) is 20.3 Å². The Morgan fingerprint density at radius 1 is 1.37 bits per heavy atom. The summed E-state index contributed by atoms with van der Waals surface area (Å²) in [6, 6.07) is -0.689. The number of carbonyl (C=O) groups excluding carboxylic acids is 1. The molecule has 0 aliphatic carbocycles. The van der Waals surface area contributed by atoms with Crippen LogP contribution in [0.3, 0.4) is 0 Å². The van der Waals surface area contributed by atoms with Crippen molar-refractivity contribution in [3.63, 3.8) is 0 Å². The molecule has 2 aliphatic rings. The minimum Gasteiger partial charge on any atom is -0.341 e. The largest absolute Gasteiger partial charge is 0.341 e. The van der Waals surface area contributed by atoms with Gasteiger partial charge in [0.2, 0.25) is 5.91 Å². The summed E-state index contributed by atoms with van der Waals surface area (Å²) in [5.41, 5.74) is 0.309. The van der Waals surface area contributed by atoms with Gasteiger partial charge in [-0.05, 0) is 18.3 Å². The van der Waals surface area contributed by atoms with Crippen molar-refractivity contribution in [2.75, 3.05) is 19.6 Å². The van der Waals surface area contributed by atoms with E-state index in [1.54, 1.807) is 4.90 Å². The van der Waals surface area contributed by atoms with E-state index in [2.05, 4.69) is 19.2 Å². The Hall–Kier alpha value is -0.420. The highest BCUT2D eigenvalue weighted by Crippen LogP contribution is 2.34. The summed E-state index contributed by atoms with van der Waals surface area (Å²) in [7, 11) is 0. The number of nitrogens with zero attached hydrogens (tertiary/aromatic N) is 1. The number of hydrogen-bond donors (Lipinski definition) is 1. The summed E-state index contributed by atoms with van der Waals surface area (Å²) in [6.45, 7) is 5.43. The van der Waals surface area contributed by atoms with Crippen molar-refractivity contribution in [2.24, 2.45) is 5.41 Å². The quantitative estimate of drug-likeness (QED) is 0.849. The van der Waals surface area contributed by atoms with E-state index in [9.17, 15) is 13.6 Å². The Kier molecular flexibility index (Phi) is 5.18. The van der Waals surface area contributed by atoms with E-state index in [0.29, 0.717) is 18.5 Å². The topological polar surface area (TPSA) is 32.3 Å². The summed E-state index contributed by atoms with van der Waals surface area (Å²) < 4.78 is 26.1. The van der Waals surface area contributed by atoms with E-state index < -0.39 is 12.0 Å². The molecule has 0 aromatic heterocycles. The molecule has 0 saturated carbocycles. The van der Waals surface area contributed by atoms with Gasteiger partial charge in [-0.2, -0.15) is 0 Å². The third-order valence-electron chi connectivity index (χ3n) is 4.54. The zero-order valence-corrected chi connectivity index (χ0v) is 12.4. The van der Waals surface area contributed by atoms with Crippen LogP contribution in [0.1, 0.15) is 39.5 Å². The Labute approximate surface area is 119 Å². The normalized spacial score (nSPS) is 28.8. The highest BCUT2D eigenvalue weighted by Gasteiger charge is 2.44. The molecule has 1 unspecified atom stereocenters. The summed E-state index contributed by atoms with van der Waals surface area (Å²) in [5.74, 6) is -2.88. The average Bonchev–Trinajstić information content (AvgIpc) is 2.70. The number of hydrogen-bond acceptors (Lipinski definition) is 2. The minimum absolute atomic E-state index is 0. The molecular weight excluding hydrogens is 274 g/mol. The first-order chi connectivity index (χ1) is 8.35. The highest BCUT2D eigenvalue weighted by atomic mass is 35.5. The van der Waals surface area contributed by atoms with Crippen molar-refractivity contribution in [2.45, 2.75) is 51.5 Å². The van der Waals surface area contributed by atoms with Crippen LogP contribution in [0.5, 0.6) is 0 Å². The van der Waals surface area contributed by atoms with Gasteiger partial charge in [0, 0.05) is 19.5 Å². The second-order valence-electron chi connectivity index (χ2n) is 5.98. The number of rotatable bonds is 2. The second-order valence-corrected chi connectivity index (χ2v) is 5.98. The van der Waals surface area contributed by atoms with E-state index in [0.717, 1.165) is 19.3 Å². The molecule has 2 fully saturated rings. The summed E-state index contributed by atoms with van der Waals surface area (Å²) in [5, 5.41) is 2.64. The van der Waals surface area contributed by atoms with E-state index in [1.807, 2.05) is 0 Å². The number of halogens is 3. The lowest BCUT2D eigenvalue weighted by molar-refractivity contribution is -0.136. The van der Waals surface area contributed by atoms with Crippen LogP contribution in [0.25, 0.3) is 0 Å². The van der Waals surface area contributed by atoms with Crippen LogP contribution in [0.4, 0.5) is 8.78 Å². The lowest BCUT2D eigenvalue weighted by Crippen LogP contribution is -2.48. The maximum Gasteiger partial charge on any atom is 0.262 e. The van der Waals surface area contributed by atoms with Gasteiger partial charge >= 0.3 is 0 Å². The maximum absolute atomic E-state index is 13.1. The molecule has 19 heavy (non-hydrogen) atoms. The highest BCUT2D eigenvalue weighted by molar-refractivity contribution is 5.85. The molecule has 3 nitrogen and oxygen atoms in total. The third-order valence-corrected chi connectivity index (χ3v) is 4.54. The fourth-order valence-electron chi connectivity index (χ4n) is 2.73. The van der Waals surface area contributed by atoms with Gasteiger partial charge in [-0.3, -0.25) is 10.1 Å². The fraction of sp³-hybridized carbons (Fsp3) is 0.923. The SMILES string of the molecule is CCC1(C)CCN(C(=O)C2CC(F)(F)CN2)CC1.Cl. The van der Waals surface area contributed by atoms with Crippen molar-refractivity contribution < 1.29 is 13.6 Å². The maximum atomic E-state index is 13.1. The number of carbonyl (C=O) groups is 1. The average molecular weight is 297 g/mol. The van der Waals surface area contributed by atoms with Gasteiger partial charge in [0.25, 0.3) is 5.92 Å². The van der Waals surface area contributed by atoms with Crippen molar-refractivity contribution in [1.82, 2.24) is 10.2 Å². The van der Waals surface area contributed by atoms with Crippen LogP contribution >= 0.6 is 12.4 Å². The lowest BCUT2D eigenvalue weighted by atomic mass is 9.78. The first-order valence-corrected chi connectivity index (χ1v) is 6.75. The summed E-state index contributed by atoms with van der Waals surface area (Å²) >= 11 is 0. The lowest BCUT2D eigenvalue weighted by Gasteiger charge is -2.39. The predicted octanol–water partition coefficient (Wildman–Crippen LogP) is 2.44. The molecule has 2 heterocycles. The molecule has 2 saturated heterocycles. The second kappa shape index (κ2) is 5.92. The summed E-state index contributed by atoms with van der Waals surface area (Å²) in [6.07, 6.45) is 2.69. The van der Waals surface area contributed by atoms with E-state index in [4.69, 9.17) is 0 Å². The Bertz CT molecular complexity index is 331. The number of nitrogens with one attached hydrogen (secondary N) is 1. The number of amides is 1. The van der Waals surface area contributed by atoms with Crippen molar-refractivity contribution >= 4 is 18.3 Å². The molecule has 1 atom stereocenters. The first kappa shape index (κ1) is 16.6. The molecule has 0 aromatic rings. The van der Waals surface area contributed by atoms with Gasteiger partial charge in [-0.15, -0.1) is 12.4 Å². The molecular formula is C13H23ClF2N2O. The van der Waals surface area contributed by atoms with Crippen molar-refractivity contribution in [3.05, 3.63) is 0 Å². The standard InChI is InChI=1S/C13H22F2N2O.ClH/c1-3-12(2)4-6-17(7-5-12)11(18)10-8-13(14,15)9-16-10;/h10,16H,3-9H2,1-2H3;1H. The Morgan fingerprint density at radius 2 is 1.95 bits per heavy atom.